The number of ether oxygens (including phenoxy) is 1. The van der Waals surface area contributed by atoms with Crippen molar-refractivity contribution in [2.75, 3.05) is 22.5 Å². The fraction of sp³-hybridized carbons (Fsp3) is 0.438. The van der Waals surface area contributed by atoms with E-state index < -0.39 is 10.0 Å². The summed E-state index contributed by atoms with van der Waals surface area (Å²) in [5.74, 6) is 0.494. The SMILES string of the molecule is CCC(C)(C)c1ccc(OCCCCS(=O)(=O)Nc2ccc(NNC(=O)c3ccccn3)cc2)c(C(C)(C)CC)c1. The van der Waals surface area contributed by atoms with E-state index in [2.05, 4.69) is 80.3 Å². The van der Waals surface area contributed by atoms with Gasteiger partial charge >= 0.3 is 0 Å². The van der Waals surface area contributed by atoms with Crippen LogP contribution in [0.1, 0.15) is 88.8 Å². The lowest BCUT2D eigenvalue weighted by atomic mass is 9.76. The number of pyridine rings is 1. The maximum Gasteiger partial charge on any atom is 0.288 e. The van der Waals surface area contributed by atoms with Gasteiger partial charge in [-0.2, -0.15) is 0 Å². The summed E-state index contributed by atoms with van der Waals surface area (Å²) in [6.45, 7) is 13.8. The molecule has 3 rings (SSSR count). The molecule has 0 fully saturated rings. The number of amides is 1. The highest BCUT2D eigenvalue weighted by atomic mass is 32.2. The summed E-state index contributed by atoms with van der Waals surface area (Å²) in [7, 11) is -3.52. The van der Waals surface area contributed by atoms with Crippen LogP contribution in [0.5, 0.6) is 5.75 Å². The number of unbranched alkanes of at least 4 members (excludes halogenated alkanes) is 1. The molecule has 8 nitrogen and oxygen atoms in total. The molecule has 3 N–H and O–H groups in total. The Balaban J connectivity index is 1.48. The third kappa shape index (κ3) is 9.21. The van der Waals surface area contributed by atoms with Crippen molar-refractivity contribution in [3.63, 3.8) is 0 Å². The number of anilines is 2. The maximum absolute atomic E-state index is 12.6. The summed E-state index contributed by atoms with van der Waals surface area (Å²) in [4.78, 5) is 16.1. The highest BCUT2D eigenvalue weighted by Gasteiger charge is 2.26. The van der Waals surface area contributed by atoms with Crippen molar-refractivity contribution in [3.05, 3.63) is 83.7 Å². The summed E-state index contributed by atoms with van der Waals surface area (Å²) in [6, 6.07) is 18.2. The third-order valence-electron chi connectivity index (χ3n) is 7.70. The van der Waals surface area contributed by atoms with Gasteiger partial charge in [0.05, 0.1) is 18.0 Å². The Morgan fingerprint density at radius 1 is 0.878 bits per heavy atom. The molecular weight excluding hydrogens is 536 g/mol. The predicted octanol–water partition coefficient (Wildman–Crippen LogP) is 6.81. The van der Waals surface area contributed by atoms with Gasteiger partial charge in [0.2, 0.25) is 10.0 Å². The number of nitrogens with one attached hydrogen (secondary N) is 3. The average molecular weight is 581 g/mol. The quantitative estimate of drug-likeness (QED) is 0.135. The van der Waals surface area contributed by atoms with E-state index in [4.69, 9.17) is 4.74 Å². The van der Waals surface area contributed by atoms with Gasteiger partial charge in [-0.25, -0.2) is 8.42 Å². The first-order valence-corrected chi connectivity index (χ1v) is 15.9. The molecule has 0 aliphatic rings. The Kier molecular flexibility index (Phi) is 10.8. The topological polar surface area (TPSA) is 109 Å². The largest absolute Gasteiger partial charge is 0.493 e. The van der Waals surface area contributed by atoms with Gasteiger partial charge in [0.25, 0.3) is 5.91 Å². The van der Waals surface area contributed by atoms with Gasteiger partial charge in [0, 0.05) is 17.4 Å². The lowest BCUT2D eigenvalue weighted by Crippen LogP contribution is -2.29. The lowest BCUT2D eigenvalue weighted by Gasteiger charge is -2.30. The number of sulfonamides is 1. The second-order valence-electron chi connectivity index (χ2n) is 11.5. The molecular formula is C32H44N4O4S. The first kappa shape index (κ1) is 31.9. The summed E-state index contributed by atoms with van der Waals surface area (Å²) in [6.07, 6.45) is 4.67. The third-order valence-corrected chi connectivity index (χ3v) is 9.07. The molecule has 0 unspecified atom stereocenters. The number of aromatic nitrogens is 1. The lowest BCUT2D eigenvalue weighted by molar-refractivity contribution is 0.0957. The minimum atomic E-state index is -3.52. The fourth-order valence-electron chi connectivity index (χ4n) is 4.12. The van der Waals surface area contributed by atoms with Gasteiger partial charge in [-0.3, -0.25) is 25.4 Å². The molecule has 0 saturated heterocycles. The second kappa shape index (κ2) is 13.9. The van der Waals surface area contributed by atoms with Crippen LogP contribution in [0.25, 0.3) is 0 Å². The van der Waals surface area contributed by atoms with E-state index in [0.717, 1.165) is 18.6 Å². The molecule has 222 valence electrons. The van der Waals surface area contributed by atoms with Crippen molar-refractivity contribution < 1.29 is 17.9 Å². The molecule has 0 bridgehead atoms. The molecule has 0 radical (unpaired) electrons. The number of carbonyl (C=O) groups is 1. The smallest absolute Gasteiger partial charge is 0.288 e. The van der Waals surface area contributed by atoms with E-state index in [1.54, 1.807) is 48.7 Å². The molecule has 0 saturated carbocycles. The van der Waals surface area contributed by atoms with Gasteiger partial charge in [-0.05, 0) is 84.5 Å². The van der Waals surface area contributed by atoms with Crippen molar-refractivity contribution in [1.82, 2.24) is 10.4 Å². The number of hydrogen-bond donors (Lipinski definition) is 3. The molecule has 9 heteroatoms. The van der Waals surface area contributed by atoms with Crippen molar-refractivity contribution in [1.29, 1.82) is 0 Å². The summed E-state index contributed by atoms with van der Waals surface area (Å²) in [5.41, 5.74) is 9.25. The highest BCUT2D eigenvalue weighted by Crippen LogP contribution is 2.38. The second-order valence-corrected chi connectivity index (χ2v) is 13.4. The molecule has 0 spiro atoms. The van der Waals surface area contributed by atoms with Gasteiger partial charge < -0.3 is 4.74 Å². The van der Waals surface area contributed by atoms with Crippen molar-refractivity contribution in [2.24, 2.45) is 0 Å². The molecule has 1 heterocycles. The number of benzene rings is 2. The zero-order chi connectivity index (χ0) is 30.1. The van der Waals surface area contributed by atoms with Gasteiger partial charge in [0.1, 0.15) is 11.4 Å². The van der Waals surface area contributed by atoms with Crippen LogP contribution in [0.2, 0.25) is 0 Å². The first-order chi connectivity index (χ1) is 19.4. The monoisotopic (exact) mass is 580 g/mol. The van der Waals surface area contributed by atoms with E-state index >= 15 is 0 Å². The molecule has 3 aromatic rings. The Morgan fingerprint density at radius 2 is 1.56 bits per heavy atom. The number of hydrazine groups is 1. The molecule has 2 aromatic carbocycles. The molecule has 1 amide bonds. The van der Waals surface area contributed by atoms with Crippen LogP contribution in [-0.4, -0.2) is 31.7 Å². The zero-order valence-corrected chi connectivity index (χ0v) is 25.9. The summed E-state index contributed by atoms with van der Waals surface area (Å²) in [5, 5.41) is 0. The van der Waals surface area contributed by atoms with Crippen LogP contribution in [0, 0.1) is 0 Å². The highest BCUT2D eigenvalue weighted by molar-refractivity contribution is 7.92. The number of nitrogens with zero attached hydrogens (tertiary/aromatic N) is 1. The van der Waals surface area contributed by atoms with E-state index in [0.29, 0.717) is 30.8 Å². The van der Waals surface area contributed by atoms with Gasteiger partial charge in [0.15, 0.2) is 0 Å². The van der Waals surface area contributed by atoms with Crippen molar-refractivity contribution in [3.8, 4) is 5.75 Å². The number of hydrogen-bond acceptors (Lipinski definition) is 6. The molecule has 0 aliphatic heterocycles. The van der Waals surface area contributed by atoms with Crippen LogP contribution >= 0.6 is 0 Å². The Bertz CT molecular complexity index is 1390. The minimum absolute atomic E-state index is 0.00652. The standard InChI is InChI=1S/C32H44N4O4S/c1-7-31(3,4)24-14-19-29(27(23-24)32(5,6)8-2)40-21-11-12-22-41(38,39)36-26-17-15-25(16-18-26)34-35-30(37)28-13-9-10-20-33-28/h9-10,13-20,23,34,36H,7-8,11-12,21-22H2,1-6H3,(H,35,37). The normalized spacial score (nSPS) is 12.0. The molecule has 0 aliphatic carbocycles. The Labute approximate surface area is 245 Å². The maximum atomic E-state index is 12.6. The Hall–Kier alpha value is -3.59. The zero-order valence-electron chi connectivity index (χ0n) is 25.1. The predicted molar refractivity (Wildman–Crippen MR) is 167 cm³/mol. The van der Waals surface area contributed by atoms with Crippen molar-refractivity contribution >= 4 is 27.3 Å². The van der Waals surface area contributed by atoms with Crippen LogP contribution in [-0.2, 0) is 20.9 Å². The van der Waals surface area contributed by atoms with E-state index in [1.165, 1.54) is 11.1 Å². The van der Waals surface area contributed by atoms with E-state index in [1.807, 2.05) is 0 Å². The summed E-state index contributed by atoms with van der Waals surface area (Å²) >= 11 is 0. The van der Waals surface area contributed by atoms with Crippen LogP contribution in [0.4, 0.5) is 11.4 Å². The van der Waals surface area contributed by atoms with Crippen LogP contribution in [0.15, 0.2) is 66.9 Å². The number of rotatable bonds is 15. The molecule has 41 heavy (non-hydrogen) atoms. The van der Waals surface area contributed by atoms with Gasteiger partial charge in [-0.1, -0.05) is 59.7 Å². The minimum Gasteiger partial charge on any atom is -0.493 e. The number of carbonyl (C=O) groups excluding carboxylic acids is 1. The fourth-order valence-corrected chi connectivity index (χ4v) is 5.30. The average Bonchev–Trinajstić information content (AvgIpc) is 2.96. The van der Waals surface area contributed by atoms with Crippen LogP contribution in [0.3, 0.4) is 0 Å². The Morgan fingerprint density at radius 3 is 2.20 bits per heavy atom. The first-order valence-electron chi connectivity index (χ1n) is 14.2. The summed E-state index contributed by atoms with van der Waals surface area (Å²) < 4.78 is 34.1. The van der Waals surface area contributed by atoms with E-state index in [-0.39, 0.29) is 28.2 Å². The van der Waals surface area contributed by atoms with Crippen LogP contribution < -0.4 is 20.3 Å². The molecule has 0 atom stereocenters. The van der Waals surface area contributed by atoms with Crippen molar-refractivity contribution in [2.45, 2.75) is 78.1 Å². The van der Waals surface area contributed by atoms with Gasteiger partial charge in [-0.15, -0.1) is 0 Å². The van der Waals surface area contributed by atoms with E-state index in [9.17, 15) is 13.2 Å². The molecule has 1 aromatic heterocycles.